The minimum absolute atomic E-state index is 1.19. The lowest BCUT2D eigenvalue weighted by atomic mass is 10.7. The zero-order valence-corrected chi connectivity index (χ0v) is 2.68. The first-order chi connectivity index (χ1) is 2.41. The molecule has 26 valence electrons. The van der Waals surface area contributed by atoms with E-state index in [0.29, 0.717) is 0 Å². The number of allylic oxidation sites excluding steroid dienone is 1. The van der Waals surface area contributed by atoms with E-state index in [-0.39, 0.29) is 0 Å². The first-order valence-electron chi connectivity index (χ1n) is 1.18. The Bertz CT molecular complexity index is 67.5. The van der Waals surface area contributed by atoms with Crippen LogP contribution in [0.25, 0.3) is 0 Å². The Labute approximate surface area is 30.5 Å². The van der Waals surface area contributed by atoms with Crippen LogP contribution in [-0.4, -0.2) is 0 Å². The summed E-state index contributed by atoms with van der Waals surface area (Å²) in [6, 6.07) is 1.71. The van der Waals surface area contributed by atoms with Crippen molar-refractivity contribution in [3.63, 3.8) is 0 Å². The van der Waals surface area contributed by atoms with Crippen molar-refractivity contribution in [3.05, 3.63) is 12.3 Å². The summed E-state index contributed by atoms with van der Waals surface area (Å²) < 4.78 is 0. The van der Waals surface area contributed by atoms with Crippen molar-refractivity contribution in [1.82, 2.24) is 0 Å². The van der Waals surface area contributed by atoms with Crippen molar-refractivity contribution >= 4 is 0 Å². The predicted molar refractivity (Wildman–Crippen MR) is 18.9 cm³/mol. The van der Waals surface area contributed by atoms with Crippen molar-refractivity contribution < 1.29 is 0 Å². The van der Waals surface area contributed by atoms with Crippen molar-refractivity contribution in [2.45, 2.75) is 0 Å². The minimum atomic E-state index is 1.19. The third-order valence-corrected chi connectivity index (χ3v) is 0.171. The highest BCUT2D eigenvalue weighted by Crippen LogP contribution is 1.49. The average Bonchev–Trinajstić information content (AvgIpc) is 1.41. The van der Waals surface area contributed by atoms with Crippen LogP contribution in [0.1, 0.15) is 0 Å². The van der Waals surface area contributed by atoms with Gasteiger partial charge in [0.25, 0.3) is 0 Å². The molecule has 0 aromatic carbocycles. The average molecular weight is 68.1 g/mol. The summed E-state index contributed by atoms with van der Waals surface area (Å²) in [5.41, 5.74) is 4.74. The number of nitrogens with zero attached hydrogens (tertiary/aromatic N) is 1. The molecule has 0 aromatic heterocycles. The third kappa shape index (κ3) is 3.03. The number of nitrogens with two attached hydrogens (primary N) is 1. The van der Waals surface area contributed by atoms with Crippen molar-refractivity contribution in [3.8, 4) is 6.07 Å². The second-order valence-electron chi connectivity index (χ2n) is 0.488. The zero-order valence-electron chi connectivity index (χ0n) is 2.68. The molecule has 0 unspecified atom stereocenters. The molecular weight excluding hydrogens is 64.0 g/mol. The van der Waals surface area contributed by atoms with E-state index < -0.39 is 0 Å². The highest BCUT2D eigenvalue weighted by molar-refractivity contribution is 4.98. The lowest BCUT2D eigenvalue weighted by Crippen LogP contribution is -1.71. The number of hydrogen-bond acceptors (Lipinski definition) is 2. The van der Waals surface area contributed by atoms with E-state index in [9.17, 15) is 0 Å². The van der Waals surface area contributed by atoms with Crippen LogP contribution in [0.3, 0.4) is 0 Å². The third-order valence-electron chi connectivity index (χ3n) is 0.171. The molecule has 0 fully saturated rings. The fraction of sp³-hybridized carbons (Fsp3) is 0. The Balaban J connectivity index is 3.04. The molecule has 5 heavy (non-hydrogen) atoms. The van der Waals surface area contributed by atoms with Gasteiger partial charge in [0, 0.05) is 12.3 Å². The molecule has 0 rings (SSSR count). The molecule has 2 N–H and O–H groups in total. The Hall–Kier alpha value is -0.970. The van der Waals surface area contributed by atoms with E-state index in [1.54, 1.807) is 6.07 Å². The Morgan fingerprint density at radius 3 is 2.40 bits per heavy atom. The van der Waals surface area contributed by atoms with Gasteiger partial charge in [-0.1, -0.05) is 0 Å². The van der Waals surface area contributed by atoms with Crippen LogP contribution in [0.5, 0.6) is 0 Å². The minimum Gasteiger partial charge on any atom is -0.404 e. The number of nitriles is 1. The fourth-order valence-corrected chi connectivity index (χ4v) is 0.0430. The summed E-state index contributed by atoms with van der Waals surface area (Å²) >= 11 is 0. The van der Waals surface area contributed by atoms with Gasteiger partial charge in [-0.3, -0.25) is 0 Å². The molecule has 0 bridgehead atoms. The Morgan fingerprint density at radius 1 is 1.80 bits per heavy atom. The van der Waals surface area contributed by atoms with E-state index in [2.05, 4.69) is 0 Å². The first-order valence-corrected chi connectivity index (χ1v) is 1.18. The summed E-state index contributed by atoms with van der Waals surface area (Å²) in [5, 5.41) is 7.65. The van der Waals surface area contributed by atoms with Crippen LogP contribution in [0.15, 0.2) is 12.3 Å². The summed E-state index contributed by atoms with van der Waals surface area (Å²) in [5.74, 6) is 0. The molecule has 0 spiro atoms. The van der Waals surface area contributed by atoms with E-state index in [0.717, 1.165) is 0 Å². The number of rotatable bonds is 0. The molecule has 2 nitrogen and oxygen atoms in total. The highest BCUT2D eigenvalue weighted by atomic mass is 14.5. The van der Waals surface area contributed by atoms with Gasteiger partial charge in [-0.2, -0.15) is 5.26 Å². The van der Waals surface area contributed by atoms with Crippen molar-refractivity contribution in [2.75, 3.05) is 0 Å². The van der Waals surface area contributed by atoms with Gasteiger partial charge >= 0.3 is 0 Å². The summed E-state index contributed by atoms with van der Waals surface area (Å²) in [7, 11) is 0. The van der Waals surface area contributed by atoms with Gasteiger partial charge in [-0.15, -0.1) is 0 Å². The SMILES string of the molecule is N#C/C=C\N. The van der Waals surface area contributed by atoms with Crippen LogP contribution in [0.2, 0.25) is 0 Å². The van der Waals surface area contributed by atoms with E-state index in [1.807, 2.05) is 0 Å². The van der Waals surface area contributed by atoms with Gasteiger partial charge in [0.05, 0.1) is 6.07 Å². The molecule has 0 heterocycles. The second-order valence-corrected chi connectivity index (χ2v) is 0.488. The van der Waals surface area contributed by atoms with E-state index in [1.165, 1.54) is 12.3 Å². The molecule has 0 aliphatic carbocycles. The molecule has 0 amide bonds. The van der Waals surface area contributed by atoms with Crippen LogP contribution in [0, 0.1) is 11.3 Å². The molecule has 0 atom stereocenters. The van der Waals surface area contributed by atoms with Gasteiger partial charge in [-0.05, 0) is 0 Å². The molecule has 0 aliphatic heterocycles. The standard InChI is InChI=1S/C3H4N2/c4-2-1-3-5/h1-2H,4H2/b2-1-. The maximum atomic E-state index is 7.65. The summed E-state index contributed by atoms with van der Waals surface area (Å²) in [6.45, 7) is 0. The van der Waals surface area contributed by atoms with Crippen LogP contribution >= 0.6 is 0 Å². The summed E-state index contributed by atoms with van der Waals surface area (Å²) in [4.78, 5) is 0. The van der Waals surface area contributed by atoms with Gasteiger partial charge in [0.1, 0.15) is 0 Å². The maximum Gasteiger partial charge on any atom is 0.0927 e. The normalized spacial score (nSPS) is 7.80. The molecule has 0 saturated heterocycles. The molecule has 0 radical (unpaired) electrons. The zero-order chi connectivity index (χ0) is 4.12. The maximum absolute atomic E-state index is 7.65. The smallest absolute Gasteiger partial charge is 0.0927 e. The molecule has 0 aromatic rings. The topological polar surface area (TPSA) is 49.8 Å². The van der Waals surface area contributed by atoms with Crippen LogP contribution < -0.4 is 5.73 Å². The lowest BCUT2D eigenvalue weighted by Gasteiger charge is -1.51. The van der Waals surface area contributed by atoms with Crippen LogP contribution in [0.4, 0.5) is 0 Å². The first kappa shape index (κ1) is 4.03. The van der Waals surface area contributed by atoms with E-state index in [4.69, 9.17) is 11.0 Å². The van der Waals surface area contributed by atoms with Gasteiger partial charge < -0.3 is 5.73 Å². The van der Waals surface area contributed by atoms with Gasteiger partial charge in [0.15, 0.2) is 0 Å². The molecule has 2 heteroatoms. The van der Waals surface area contributed by atoms with E-state index >= 15 is 0 Å². The van der Waals surface area contributed by atoms with Gasteiger partial charge in [-0.25, -0.2) is 0 Å². The van der Waals surface area contributed by atoms with Gasteiger partial charge in [0.2, 0.25) is 0 Å². The monoisotopic (exact) mass is 68.0 g/mol. The Morgan fingerprint density at radius 2 is 2.40 bits per heavy atom. The highest BCUT2D eigenvalue weighted by Gasteiger charge is 1.45. The molecular formula is C3H4N2. The lowest BCUT2D eigenvalue weighted by molar-refractivity contribution is 1.51. The second kappa shape index (κ2) is 3.03. The molecule has 0 saturated carbocycles. The quantitative estimate of drug-likeness (QED) is 0.405. The fourth-order valence-electron chi connectivity index (χ4n) is 0.0430. The summed E-state index contributed by atoms with van der Waals surface area (Å²) in [6.07, 6.45) is 2.40. The predicted octanol–water partition coefficient (Wildman–Crippen LogP) is -0.0176. The Kier molecular flexibility index (Phi) is 2.44. The van der Waals surface area contributed by atoms with Crippen molar-refractivity contribution in [1.29, 1.82) is 5.26 Å². The largest absolute Gasteiger partial charge is 0.404 e. The molecule has 0 aliphatic rings. The number of hydrogen-bond donors (Lipinski definition) is 1. The van der Waals surface area contributed by atoms with Crippen LogP contribution in [-0.2, 0) is 0 Å². The van der Waals surface area contributed by atoms with Crippen molar-refractivity contribution in [2.24, 2.45) is 5.73 Å².